The van der Waals surface area contributed by atoms with Gasteiger partial charge in [-0.15, -0.1) is 11.8 Å². The smallest absolute Gasteiger partial charge is 0.451 e. The van der Waals surface area contributed by atoms with Crippen molar-refractivity contribution in [1.29, 1.82) is 0 Å². The average molecular weight is 666 g/mol. The summed E-state index contributed by atoms with van der Waals surface area (Å²) in [5.74, 6) is -2.41. The molecule has 2 aromatic carbocycles. The van der Waals surface area contributed by atoms with E-state index in [1.807, 2.05) is 29.3 Å². The van der Waals surface area contributed by atoms with Gasteiger partial charge in [-0.25, -0.2) is 13.6 Å². The van der Waals surface area contributed by atoms with E-state index < -0.39 is 59.8 Å². The van der Waals surface area contributed by atoms with Gasteiger partial charge in [-0.3, -0.25) is 19.3 Å². The molecule has 0 aliphatic carbocycles. The molecule has 1 aromatic heterocycles. The minimum absolute atomic E-state index is 0.0480. The summed E-state index contributed by atoms with van der Waals surface area (Å²) in [6.07, 6.45) is 2.86. The van der Waals surface area contributed by atoms with Gasteiger partial charge < -0.3 is 23.8 Å². The molecular formula is C34H33F2N3O7S. The first-order valence-electron chi connectivity index (χ1n) is 15.8. The molecule has 0 saturated carbocycles. The van der Waals surface area contributed by atoms with Gasteiger partial charge in [-0.2, -0.15) is 0 Å². The maximum atomic E-state index is 15.6. The molecule has 246 valence electrons. The zero-order chi connectivity index (χ0) is 32.6. The second-order valence-corrected chi connectivity index (χ2v) is 13.9. The van der Waals surface area contributed by atoms with Gasteiger partial charge >= 0.3 is 6.16 Å². The van der Waals surface area contributed by atoms with Gasteiger partial charge in [0.15, 0.2) is 17.3 Å². The number of carbonyl (C=O) groups is 2. The van der Waals surface area contributed by atoms with Crippen molar-refractivity contribution in [2.45, 2.75) is 80.2 Å². The number of rotatable bonds is 5. The number of ether oxygens (including phenoxy) is 4. The molecule has 5 aliphatic heterocycles. The van der Waals surface area contributed by atoms with E-state index in [-0.39, 0.29) is 34.8 Å². The van der Waals surface area contributed by atoms with Gasteiger partial charge in [0.25, 0.3) is 5.91 Å². The van der Waals surface area contributed by atoms with Crippen molar-refractivity contribution < 1.29 is 37.3 Å². The van der Waals surface area contributed by atoms with Crippen molar-refractivity contribution in [3.63, 3.8) is 0 Å². The number of fused-ring (bicyclic) bond motifs is 6. The highest BCUT2D eigenvalue weighted by atomic mass is 32.2. The van der Waals surface area contributed by atoms with Crippen LogP contribution in [0.3, 0.4) is 0 Å². The van der Waals surface area contributed by atoms with Gasteiger partial charge in [-0.05, 0) is 62.8 Å². The molecule has 1 amide bonds. The molecule has 6 heterocycles. The van der Waals surface area contributed by atoms with E-state index in [4.69, 9.17) is 18.9 Å². The fourth-order valence-electron chi connectivity index (χ4n) is 8.15. The number of nitrogens with zero attached hydrogens (tertiary/aromatic N) is 3. The standard InChI is InChI=1S/C34H33F2N3O7S/c1-18(2)45-33(42)44-17-43-30-25(40)10-13-38-29(30)32(41)37-14-12-34-11-9-19(46-34)15-23(34)31(37)39(38)28-20-7-8-24(35)27(36)22(20)16-47-26-6-4-3-5-21(26)28/h3-8,10,13,18-19,23,28,31H,9,11-12,14-17H2,1-2H3/t19-,23+,28-,31+,34-/m0/s1. The molecule has 2 bridgehead atoms. The molecule has 13 heteroatoms. The number of hydrogen-bond acceptors (Lipinski definition) is 9. The van der Waals surface area contributed by atoms with Crippen LogP contribution in [0.15, 0.2) is 58.4 Å². The molecule has 0 unspecified atom stereocenters. The normalized spacial score (nSPS) is 27.0. The van der Waals surface area contributed by atoms with E-state index in [9.17, 15) is 18.8 Å². The molecule has 47 heavy (non-hydrogen) atoms. The van der Waals surface area contributed by atoms with Gasteiger partial charge in [0.2, 0.25) is 18.0 Å². The zero-order valence-corrected chi connectivity index (χ0v) is 26.6. The summed E-state index contributed by atoms with van der Waals surface area (Å²) in [7, 11) is 0. The molecule has 3 fully saturated rings. The first-order valence-corrected chi connectivity index (χ1v) is 16.8. The van der Waals surface area contributed by atoms with Crippen LogP contribution in [-0.4, -0.2) is 59.0 Å². The molecule has 1 spiro atoms. The zero-order valence-electron chi connectivity index (χ0n) is 25.8. The summed E-state index contributed by atoms with van der Waals surface area (Å²) >= 11 is 1.42. The first kappa shape index (κ1) is 30.2. The van der Waals surface area contributed by atoms with Crippen LogP contribution in [0, 0.1) is 17.6 Å². The number of pyridine rings is 1. The minimum Gasteiger partial charge on any atom is -0.451 e. The van der Waals surface area contributed by atoms with Gasteiger partial charge in [0, 0.05) is 40.9 Å². The average Bonchev–Trinajstić information content (AvgIpc) is 3.58. The molecule has 8 rings (SSSR count). The lowest BCUT2D eigenvalue weighted by Gasteiger charge is -2.57. The third kappa shape index (κ3) is 4.72. The van der Waals surface area contributed by atoms with Crippen LogP contribution in [0.25, 0.3) is 0 Å². The lowest BCUT2D eigenvalue weighted by Crippen LogP contribution is -2.70. The Morgan fingerprint density at radius 3 is 2.74 bits per heavy atom. The van der Waals surface area contributed by atoms with Gasteiger partial charge in [0.05, 0.1) is 23.9 Å². The van der Waals surface area contributed by atoms with Crippen molar-refractivity contribution in [3.8, 4) is 5.75 Å². The molecular weight excluding hydrogens is 632 g/mol. The van der Waals surface area contributed by atoms with Crippen LogP contribution in [0.2, 0.25) is 0 Å². The summed E-state index contributed by atoms with van der Waals surface area (Å²) < 4.78 is 54.4. The highest BCUT2D eigenvalue weighted by Crippen LogP contribution is 2.57. The van der Waals surface area contributed by atoms with Crippen molar-refractivity contribution >= 4 is 23.8 Å². The second-order valence-electron chi connectivity index (χ2n) is 12.9. The number of thioether (sulfide) groups is 1. The Labute approximate surface area is 273 Å². The van der Waals surface area contributed by atoms with Crippen LogP contribution in [-0.2, 0) is 20.0 Å². The molecule has 3 aromatic rings. The monoisotopic (exact) mass is 665 g/mol. The van der Waals surface area contributed by atoms with E-state index in [1.165, 1.54) is 24.0 Å². The number of aromatic nitrogens is 1. The molecule has 5 aliphatic rings. The number of benzene rings is 2. The summed E-state index contributed by atoms with van der Waals surface area (Å²) in [5, 5.41) is 2.02. The number of carbonyl (C=O) groups excluding carboxylic acids is 2. The Bertz CT molecular complexity index is 1850. The summed E-state index contributed by atoms with van der Waals surface area (Å²) in [4.78, 5) is 42.6. The van der Waals surface area contributed by atoms with Crippen LogP contribution >= 0.6 is 11.8 Å². The van der Waals surface area contributed by atoms with Crippen molar-refractivity contribution in [2.24, 2.45) is 5.92 Å². The summed E-state index contributed by atoms with van der Waals surface area (Å²) in [6.45, 7) is 3.03. The lowest BCUT2D eigenvalue weighted by atomic mass is 9.71. The van der Waals surface area contributed by atoms with E-state index in [2.05, 4.69) is 0 Å². The van der Waals surface area contributed by atoms with E-state index in [1.54, 1.807) is 29.5 Å². The number of amides is 1. The van der Waals surface area contributed by atoms with Crippen molar-refractivity contribution in [1.82, 2.24) is 9.58 Å². The topological polar surface area (TPSA) is 99.5 Å². The second kappa shape index (κ2) is 11.3. The third-order valence-corrected chi connectivity index (χ3v) is 11.2. The van der Waals surface area contributed by atoms with Gasteiger partial charge in [-0.1, -0.05) is 24.3 Å². The van der Waals surface area contributed by atoms with Crippen LogP contribution in [0.4, 0.5) is 13.6 Å². The van der Waals surface area contributed by atoms with Crippen LogP contribution in [0.5, 0.6) is 5.75 Å². The van der Waals surface area contributed by atoms with Crippen molar-refractivity contribution in [2.75, 3.05) is 18.3 Å². The van der Waals surface area contributed by atoms with Gasteiger partial charge in [0.1, 0.15) is 6.17 Å². The van der Waals surface area contributed by atoms with E-state index in [0.717, 1.165) is 35.8 Å². The largest absolute Gasteiger partial charge is 0.511 e. The number of halogens is 2. The van der Waals surface area contributed by atoms with E-state index >= 15 is 4.39 Å². The maximum absolute atomic E-state index is 15.6. The highest BCUT2D eigenvalue weighted by molar-refractivity contribution is 7.98. The molecule has 5 atom stereocenters. The maximum Gasteiger partial charge on any atom is 0.511 e. The molecule has 10 nitrogen and oxygen atoms in total. The van der Waals surface area contributed by atoms with E-state index in [0.29, 0.717) is 18.5 Å². The Hall–Kier alpha value is -4.10. The fraction of sp³-hybridized carbons (Fsp3) is 0.441. The summed E-state index contributed by atoms with van der Waals surface area (Å²) in [5.41, 5.74) is 0.614. The molecule has 3 saturated heterocycles. The molecule has 0 radical (unpaired) electrons. The first-order chi connectivity index (χ1) is 22.7. The lowest BCUT2D eigenvalue weighted by molar-refractivity contribution is -0.0758. The summed E-state index contributed by atoms with van der Waals surface area (Å²) in [6, 6.07) is 11.1. The predicted molar refractivity (Wildman–Crippen MR) is 166 cm³/mol. The number of hydrogen-bond donors (Lipinski definition) is 0. The Morgan fingerprint density at radius 1 is 1.11 bits per heavy atom. The van der Waals surface area contributed by atoms with Crippen LogP contribution < -0.4 is 15.2 Å². The predicted octanol–water partition coefficient (Wildman–Crippen LogP) is 5.48. The Balaban J connectivity index is 1.33. The Morgan fingerprint density at radius 2 is 1.94 bits per heavy atom. The quantitative estimate of drug-likeness (QED) is 0.259. The SMILES string of the molecule is CC(C)OC(=O)OCOc1c2n(ccc1=O)N([C@@H]1c3ccccc3SCc3c1ccc(F)c3F)[C@@H]1[C@H]3C[C@@H]4CC[C@@]3(CCN1C2=O)O4. The number of piperidine rings is 1. The minimum atomic E-state index is -0.978. The van der Waals surface area contributed by atoms with Crippen molar-refractivity contribution in [3.05, 3.63) is 92.9 Å². The highest BCUT2D eigenvalue weighted by Gasteiger charge is 2.63. The van der Waals surface area contributed by atoms with Crippen LogP contribution in [0.1, 0.15) is 72.8 Å². The fourth-order valence-corrected chi connectivity index (χ4v) is 9.27. The molecule has 0 N–H and O–H groups in total. The Kier molecular flexibility index (Phi) is 7.25. The third-order valence-electron chi connectivity index (χ3n) is 10.0.